The minimum absolute atomic E-state index is 0. The van der Waals surface area contributed by atoms with E-state index in [0.717, 1.165) is 22.8 Å². The number of hydrogen-bond donors (Lipinski definition) is 0. The fourth-order valence-electron chi connectivity index (χ4n) is 4.87. The van der Waals surface area contributed by atoms with Gasteiger partial charge in [0.1, 0.15) is 0 Å². The van der Waals surface area contributed by atoms with Crippen molar-refractivity contribution in [2.24, 2.45) is 14.1 Å². The summed E-state index contributed by atoms with van der Waals surface area (Å²) in [5, 5.41) is 10.1. The Kier molecular flexibility index (Phi) is 32.5. The predicted octanol–water partition coefficient (Wildman–Crippen LogP) is 5.20. The predicted molar refractivity (Wildman–Crippen MR) is 187 cm³/mol. The molecular weight excluding hydrogens is 916 g/mol. The molecule has 0 aliphatic heterocycles. The molecule has 50 heavy (non-hydrogen) atoms. The van der Waals surface area contributed by atoms with E-state index in [-0.39, 0.29) is 43.5 Å². The third-order valence-corrected chi connectivity index (χ3v) is 6.85. The van der Waals surface area contributed by atoms with Gasteiger partial charge in [-0.2, -0.15) is 0 Å². The summed E-state index contributed by atoms with van der Waals surface area (Å²) in [4.78, 5) is 0. The molecule has 275 valence electrons. The molecule has 0 atom stereocenters. The van der Waals surface area contributed by atoms with E-state index >= 15 is 0 Å². The maximum atomic E-state index is 7.50. The fourth-order valence-corrected chi connectivity index (χ4v) is 4.87. The Hall–Kier alpha value is -1.95. The Morgan fingerprint density at radius 2 is 0.780 bits per heavy atom. The van der Waals surface area contributed by atoms with Crippen molar-refractivity contribution in [3.63, 3.8) is 0 Å². The van der Waals surface area contributed by atoms with Crippen LogP contribution in [0.3, 0.4) is 0 Å². The van der Waals surface area contributed by atoms with E-state index in [1.807, 2.05) is 32.8 Å². The molecule has 4 rings (SSSR count). The van der Waals surface area contributed by atoms with Gasteiger partial charge in [-0.1, -0.05) is 114 Å². The molecule has 2 heterocycles. The summed E-state index contributed by atoms with van der Waals surface area (Å²) in [7, 11) is 3.92. The van der Waals surface area contributed by atoms with Gasteiger partial charge in [-0.05, 0) is 23.7 Å². The Bertz CT molecular complexity index is 1410. The number of nitrogens with zero attached hydrogens (tertiary/aromatic N) is 6. The molecule has 0 aliphatic carbocycles. The molecule has 0 amide bonds. The normalized spacial score (nSPS) is 9.52. The number of aryl methyl sites for hydroxylation is 2. The standard InChI is InChI=1S/C30H40N6.2CH2Cl2.3CO.ClH.Re/c1-19(2)23-13-11-14-24(20(3)4)29(23)35-17-27(33(9)31-35)28-18-36(32-34(28)10)30-25(21(5)6)15-12-16-26(30)22(7)8;2*2-1-3;3*1-2;;/h11-16,19-22H,1-10H3;2*1H2;;;;1H;/p-1. The average Bonchev–Trinajstić information content (AvgIpc) is 3.65. The van der Waals surface area contributed by atoms with E-state index in [9.17, 15) is 0 Å². The molecule has 15 heteroatoms. The van der Waals surface area contributed by atoms with Crippen LogP contribution in [0.4, 0.5) is 0 Å². The first-order chi connectivity index (χ1) is 22.8. The molecule has 2 aromatic carbocycles. The van der Waals surface area contributed by atoms with Crippen molar-refractivity contribution in [2.45, 2.75) is 79.1 Å². The molecule has 0 saturated carbocycles. The second-order valence-corrected chi connectivity index (χ2v) is 12.8. The molecule has 0 unspecified atom stereocenters. The van der Waals surface area contributed by atoms with Gasteiger partial charge in [-0.25, -0.2) is 18.7 Å². The summed E-state index contributed by atoms with van der Waals surface area (Å²) < 4.78 is 30.1. The first-order valence-corrected chi connectivity index (χ1v) is 16.9. The van der Waals surface area contributed by atoms with Gasteiger partial charge >= 0.3 is 33.9 Å². The van der Waals surface area contributed by atoms with Crippen LogP contribution in [0, 0.1) is 32.3 Å². The van der Waals surface area contributed by atoms with Crippen LogP contribution in [-0.2, 0) is 48.5 Å². The number of aromatic nitrogens is 6. The van der Waals surface area contributed by atoms with E-state index in [2.05, 4.69) is 124 Å². The van der Waals surface area contributed by atoms with Gasteiger partial charge in [-0.15, -0.1) is 46.4 Å². The number of halogens is 5. The molecule has 4 aromatic rings. The van der Waals surface area contributed by atoms with Gasteiger partial charge in [0, 0.05) is 44.2 Å². The van der Waals surface area contributed by atoms with E-state index in [1.54, 1.807) is 0 Å². The monoisotopic (exact) mass is 958 g/mol. The first-order valence-electron chi connectivity index (χ1n) is 14.7. The molecule has 0 fully saturated rings. The second-order valence-electron chi connectivity index (χ2n) is 11.2. The maximum Gasteiger partial charge on any atom is 0 e. The van der Waals surface area contributed by atoms with Crippen molar-refractivity contribution in [3.05, 3.63) is 91.0 Å². The summed E-state index contributed by atoms with van der Waals surface area (Å²) in [6, 6.07) is 13.1. The fraction of sp³-hybridized carbons (Fsp3) is 0.457. The Balaban J connectivity index is -0.000000675. The van der Waals surface area contributed by atoms with E-state index in [4.69, 9.17) is 70.8 Å². The first kappa shape index (κ1) is 54.8. The molecule has 2 aromatic heterocycles. The van der Waals surface area contributed by atoms with Crippen molar-refractivity contribution < 1.29 is 56.1 Å². The van der Waals surface area contributed by atoms with Crippen molar-refractivity contribution in [2.75, 3.05) is 10.7 Å². The number of benzene rings is 2. The van der Waals surface area contributed by atoms with Gasteiger partial charge in [0.2, 0.25) is 0 Å². The molecule has 0 bridgehead atoms. The van der Waals surface area contributed by atoms with Gasteiger partial charge in [0.15, 0.2) is 0 Å². The third kappa shape index (κ3) is 15.3. The molecule has 0 spiro atoms. The van der Waals surface area contributed by atoms with Crippen molar-refractivity contribution in [3.8, 4) is 22.8 Å². The Labute approximate surface area is 337 Å². The number of rotatable bonds is 7. The van der Waals surface area contributed by atoms with Crippen LogP contribution in [0.25, 0.3) is 22.8 Å². The maximum absolute atomic E-state index is 7.50. The number of hydrogen-bond acceptors (Lipinski definition) is 2. The van der Waals surface area contributed by atoms with Gasteiger partial charge in [-0.3, -0.25) is 0 Å². The SMILES string of the molecule is CC(C)c1cccc(C(C)C)c1-[n+]1[c-]c(-c2[c-][n+](-c3c(C(C)C)cccc3C(C)C)nn2C)n(C)n1.ClCCl.ClCCl.[C-]#[O+].[C-]#[O+].[C-]#[O+].[Cl-].[Re]. The van der Waals surface area contributed by atoms with E-state index < -0.39 is 0 Å². The quantitative estimate of drug-likeness (QED) is 0.110. The zero-order valence-corrected chi connectivity index (χ0v) is 36.4. The van der Waals surface area contributed by atoms with Crippen LogP contribution in [0.1, 0.15) is 101 Å². The Morgan fingerprint density at radius 3 is 0.960 bits per heavy atom. The van der Waals surface area contributed by atoms with Crippen LogP contribution in [0.2, 0.25) is 0 Å². The van der Waals surface area contributed by atoms with Gasteiger partial charge < -0.3 is 12.4 Å². The molecule has 0 N–H and O–H groups in total. The molecule has 0 saturated heterocycles. The minimum atomic E-state index is 0. The van der Waals surface area contributed by atoms with Gasteiger partial charge in [0.05, 0.1) is 46.6 Å². The van der Waals surface area contributed by atoms with Crippen molar-refractivity contribution in [1.29, 1.82) is 0 Å². The van der Waals surface area contributed by atoms with Crippen molar-refractivity contribution in [1.82, 2.24) is 19.8 Å². The van der Waals surface area contributed by atoms with Crippen LogP contribution < -0.4 is 21.8 Å². The van der Waals surface area contributed by atoms with Crippen molar-refractivity contribution >= 4 is 46.4 Å². The second kappa shape index (κ2) is 29.6. The molecule has 1 radical (unpaired) electrons. The zero-order valence-electron chi connectivity index (χ0n) is 29.9. The Morgan fingerprint density at radius 1 is 0.580 bits per heavy atom. The summed E-state index contributed by atoms with van der Waals surface area (Å²) in [5.74, 6) is 1.49. The topological polar surface area (TPSA) is 103 Å². The molecule has 0 aliphatic rings. The number of alkyl halides is 4. The average molecular weight is 960 g/mol. The van der Waals surface area contributed by atoms with Gasteiger partial charge in [0.25, 0.3) is 0 Å². The number of para-hydroxylation sites is 2. The minimum Gasteiger partial charge on any atom is -1.00 e. The summed E-state index contributed by atoms with van der Waals surface area (Å²) in [6.45, 7) is 31.3. The third-order valence-electron chi connectivity index (χ3n) is 6.85. The summed E-state index contributed by atoms with van der Waals surface area (Å²) >= 11 is 19.1. The summed E-state index contributed by atoms with van der Waals surface area (Å²) in [5.41, 5.74) is 8.98. The van der Waals surface area contributed by atoms with Crippen LogP contribution in [0.15, 0.2) is 36.4 Å². The van der Waals surface area contributed by atoms with Crippen LogP contribution >= 0.6 is 46.4 Å². The summed E-state index contributed by atoms with van der Waals surface area (Å²) in [6.07, 6.45) is 7.10. The van der Waals surface area contributed by atoms with Crippen LogP contribution in [-0.4, -0.2) is 30.5 Å². The largest absolute Gasteiger partial charge is 1.00 e. The van der Waals surface area contributed by atoms with E-state index in [0.29, 0.717) is 23.7 Å². The smallest absolute Gasteiger partial charge is 0 e. The van der Waals surface area contributed by atoms with E-state index in [1.165, 1.54) is 22.3 Å². The van der Waals surface area contributed by atoms with Crippen LogP contribution in [0.5, 0.6) is 0 Å². The molecule has 9 nitrogen and oxygen atoms in total. The molecular formula is C35H44Cl5N6O3Re-. The zero-order chi connectivity index (χ0) is 37.7.